The van der Waals surface area contributed by atoms with Crippen LogP contribution in [0.15, 0.2) is 78.2 Å². The van der Waals surface area contributed by atoms with Crippen molar-refractivity contribution < 1.29 is 9.59 Å². The molecule has 0 saturated heterocycles. The zero-order valence-corrected chi connectivity index (χ0v) is 19.4. The summed E-state index contributed by atoms with van der Waals surface area (Å²) in [6, 6.07) is 22.1. The number of carbonyl (C=O) groups is 2. The van der Waals surface area contributed by atoms with Crippen molar-refractivity contribution in [1.29, 1.82) is 0 Å². The van der Waals surface area contributed by atoms with Gasteiger partial charge >= 0.3 is 6.03 Å². The van der Waals surface area contributed by atoms with E-state index < -0.39 is 11.9 Å². The van der Waals surface area contributed by atoms with Crippen LogP contribution in [0.4, 0.5) is 15.6 Å². The molecule has 0 radical (unpaired) electrons. The average Bonchev–Trinajstić information content (AvgIpc) is 3.29. The number of nitrogens with zero attached hydrogens (tertiary/aromatic N) is 2. The second-order valence-electron chi connectivity index (χ2n) is 7.82. The van der Waals surface area contributed by atoms with Crippen molar-refractivity contribution in [3.05, 3.63) is 100 Å². The molecule has 4 aromatic rings. The third-order valence-corrected chi connectivity index (χ3v) is 5.89. The van der Waals surface area contributed by atoms with Gasteiger partial charge in [-0.05, 0) is 45.0 Å². The molecule has 0 aliphatic carbocycles. The predicted molar refractivity (Wildman–Crippen MR) is 134 cm³/mol. The molecule has 7 heteroatoms. The Morgan fingerprint density at radius 1 is 0.788 bits per heavy atom. The van der Waals surface area contributed by atoms with E-state index in [-0.39, 0.29) is 0 Å². The number of aromatic nitrogens is 1. The second kappa shape index (κ2) is 9.67. The molecule has 4 rings (SSSR count). The van der Waals surface area contributed by atoms with Crippen molar-refractivity contribution in [2.45, 2.75) is 20.8 Å². The number of urea groups is 1. The van der Waals surface area contributed by atoms with Crippen molar-refractivity contribution in [3.63, 3.8) is 0 Å². The van der Waals surface area contributed by atoms with Crippen LogP contribution in [0.2, 0.25) is 0 Å². The highest BCUT2D eigenvalue weighted by molar-refractivity contribution is 7.14. The molecule has 0 aliphatic rings. The lowest BCUT2D eigenvalue weighted by Crippen LogP contribution is -2.48. The van der Waals surface area contributed by atoms with E-state index in [1.54, 1.807) is 12.1 Å². The molecular formula is C26H24N4O2S. The molecule has 1 heterocycles. The smallest absolute Gasteiger partial charge is 0.306 e. The predicted octanol–water partition coefficient (Wildman–Crippen LogP) is 6.12. The maximum Gasteiger partial charge on any atom is 0.347 e. The van der Waals surface area contributed by atoms with Crippen LogP contribution in [0.5, 0.6) is 0 Å². The van der Waals surface area contributed by atoms with Gasteiger partial charge < -0.3 is 5.32 Å². The second-order valence-corrected chi connectivity index (χ2v) is 8.66. The molecule has 0 unspecified atom stereocenters. The number of rotatable bonds is 4. The summed E-state index contributed by atoms with van der Waals surface area (Å²) in [5, 5.41) is 6.21. The van der Waals surface area contributed by atoms with Crippen LogP contribution in [-0.4, -0.2) is 16.9 Å². The number of hydrogen-bond donors (Lipinski definition) is 2. The first-order chi connectivity index (χ1) is 15.9. The number of nitrogens with one attached hydrogen (secondary N) is 2. The van der Waals surface area contributed by atoms with E-state index in [4.69, 9.17) is 0 Å². The molecule has 0 fully saturated rings. The van der Waals surface area contributed by atoms with Crippen LogP contribution in [0.25, 0.3) is 11.3 Å². The highest BCUT2D eigenvalue weighted by atomic mass is 32.1. The standard InChI is InChI=1S/C26H24N4O2S/c1-17-4-10-20(11-5-17)23-16-33-26(28-23)30(25(32)27-22-14-8-19(3)9-15-22)29-24(31)21-12-6-18(2)7-13-21/h4-16H,1-3H3,(H,27,32)(H,29,31). The molecule has 0 bridgehead atoms. The number of amides is 3. The van der Waals surface area contributed by atoms with Gasteiger partial charge in [0.05, 0.1) is 5.69 Å². The first-order valence-electron chi connectivity index (χ1n) is 10.5. The quantitative estimate of drug-likeness (QED) is 0.363. The van der Waals surface area contributed by atoms with Crippen molar-refractivity contribution in [2.24, 2.45) is 0 Å². The lowest BCUT2D eigenvalue weighted by atomic mass is 10.1. The number of hydrogen-bond acceptors (Lipinski definition) is 4. The van der Waals surface area contributed by atoms with Crippen molar-refractivity contribution >= 4 is 34.1 Å². The minimum absolute atomic E-state index is 0.357. The maximum absolute atomic E-state index is 13.2. The Balaban J connectivity index is 1.62. The van der Waals surface area contributed by atoms with E-state index in [1.807, 2.05) is 86.8 Å². The normalized spacial score (nSPS) is 10.5. The van der Waals surface area contributed by atoms with E-state index in [2.05, 4.69) is 15.7 Å². The summed E-state index contributed by atoms with van der Waals surface area (Å²) in [5.74, 6) is -0.402. The van der Waals surface area contributed by atoms with Gasteiger partial charge in [0.2, 0.25) is 5.13 Å². The van der Waals surface area contributed by atoms with E-state index >= 15 is 0 Å². The van der Waals surface area contributed by atoms with Crippen molar-refractivity contribution in [2.75, 3.05) is 10.3 Å². The minimum Gasteiger partial charge on any atom is -0.306 e. The number of carbonyl (C=O) groups excluding carboxylic acids is 2. The van der Waals surface area contributed by atoms with E-state index in [1.165, 1.54) is 11.3 Å². The van der Waals surface area contributed by atoms with Gasteiger partial charge in [0.25, 0.3) is 5.91 Å². The Bertz CT molecular complexity index is 1260. The van der Waals surface area contributed by atoms with Gasteiger partial charge in [-0.1, -0.05) is 65.2 Å². The summed E-state index contributed by atoms with van der Waals surface area (Å²) in [6.45, 7) is 5.95. The number of anilines is 2. The Hall–Kier alpha value is -3.97. The van der Waals surface area contributed by atoms with Gasteiger partial charge in [-0.2, -0.15) is 5.01 Å². The fraction of sp³-hybridized carbons (Fsp3) is 0.115. The molecule has 6 nitrogen and oxygen atoms in total. The summed E-state index contributed by atoms with van der Waals surface area (Å²) >= 11 is 1.28. The van der Waals surface area contributed by atoms with Crippen molar-refractivity contribution in [1.82, 2.24) is 10.4 Å². The first-order valence-corrected chi connectivity index (χ1v) is 11.3. The van der Waals surface area contributed by atoms with Crippen LogP contribution < -0.4 is 15.8 Å². The number of hydrazine groups is 1. The third-order valence-electron chi connectivity index (χ3n) is 5.06. The molecule has 3 amide bonds. The molecule has 33 heavy (non-hydrogen) atoms. The zero-order chi connectivity index (χ0) is 23.4. The van der Waals surface area contributed by atoms with Gasteiger partial charge in [-0.15, -0.1) is 11.3 Å². The molecule has 3 aromatic carbocycles. The fourth-order valence-corrected chi connectivity index (χ4v) is 3.89. The Kier molecular flexibility index (Phi) is 6.51. The van der Waals surface area contributed by atoms with Gasteiger partial charge in [0.15, 0.2) is 0 Å². The minimum atomic E-state index is -0.510. The van der Waals surface area contributed by atoms with Crippen LogP contribution in [-0.2, 0) is 0 Å². The molecule has 0 aliphatic heterocycles. The van der Waals surface area contributed by atoms with Gasteiger partial charge in [-0.3, -0.25) is 10.2 Å². The molecule has 0 spiro atoms. The molecular weight excluding hydrogens is 432 g/mol. The van der Waals surface area contributed by atoms with Crippen LogP contribution in [0.3, 0.4) is 0 Å². The van der Waals surface area contributed by atoms with Crippen LogP contribution >= 0.6 is 11.3 Å². The lowest BCUT2D eigenvalue weighted by Gasteiger charge is -2.21. The first kappa shape index (κ1) is 22.2. The molecule has 166 valence electrons. The number of aryl methyl sites for hydroxylation is 3. The monoisotopic (exact) mass is 456 g/mol. The van der Waals surface area contributed by atoms with E-state index in [0.29, 0.717) is 16.4 Å². The highest BCUT2D eigenvalue weighted by Gasteiger charge is 2.23. The molecule has 1 aromatic heterocycles. The van der Waals surface area contributed by atoms with E-state index in [9.17, 15) is 9.59 Å². The summed E-state index contributed by atoms with van der Waals surface area (Å²) in [6.07, 6.45) is 0. The van der Waals surface area contributed by atoms with E-state index in [0.717, 1.165) is 33.0 Å². The van der Waals surface area contributed by atoms with Gasteiger partial charge in [0, 0.05) is 22.2 Å². The lowest BCUT2D eigenvalue weighted by molar-refractivity contribution is 0.0951. The topological polar surface area (TPSA) is 74.3 Å². The Morgan fingerprint density at radius 2 is 1.33 bits per heavy atom. The molecule has 0 saturated carbocycles. The van der Waals surface area contributed by atoms with Gasteiger partial charge in [-0.25, -0.2) is 9.78 Å². The average molecular weight is 457 g/mol. The Labute approximate surface area is 196 Å². The molecule has 0 atom stereocenters. The largest absolute Gasteiger partial charge is 0.347 e. The highest BCUT2D eigenvalue weighted by Crippen LogP contribution is 2.27. The summed E-state index contributed by atoms with van der Waals surface area (Å²) in [7, 11) is 0. The van der Waals surface area contributed by atoms with Crippen LogP contribution in [0, 0.1) is 20.8 Å². The van der Waals surface area contributed by atoms with Crippen molar-refractivity contribution in [3.8, 4) is 11.3 Å². The summed E-state index contributed by atoms with van der Waals surface area (Å²) < 4.78 is 0. The van der Waals surface area contributed by atoms with Crippen LogP contribution in [0.1, 0.15) is 27.0 Å². The van der Waals surface area contributed by atoms with Gasteiger partial charge in [0.1, 0.15) is 0 Å². The number of benzene rings is 3. The molecule has 2 N–H and O–H groups in total. The summed E-state index contributed by atoms with van der Waals surface area (Å²) in [5.41, 5.74) is 8.72. The third kappa shape index (κ3) is 5.45. The zero-order valence-electron chi connectivity index (χ0n) is 18.6. The SMILES string of the molecule is Cc1ccc(NC(=O)N(NC(=O)c2ccc(C)cc2)c2nc(-c3ccc(C)cc3)cs2)cc1. The number of thiazole rings is 1. The Morgan fingerprint density at radius 3 is 1.94 bits per heavy atom. The maximum atomic E-state index is 13.2. The fourth-order valence-electron chi connectivity index (χ4n) is 3.10. The summed E-state index contributed by atoms with van der Waals surface area (Å²) in [4.78, 5) is 30.7.